The topological polar surface area (TPSA) is 80.9 Å². The van der Waals surface area contributed by atoms with E-state index in [0.717, 1.165) is 24.2 Å². The lowest BCUT2D eigenvalue weighted by Crippen LogP contribution is -2.25. The summed E-state index contributed by atoms with van der Waals surface area (Å²) >= 11 is 0. The Kier molecular flexibility index (Phi) is 6.27. The van der Waals surface area contributed by atoms with Crippen molar-refractivity contribution in [1.29, 1.82) is 0 Å². The molecule has 0 saturated carbocycles. The number of nitrogens with one attached hydrogen (secondary N) is 1. The Bertz CT molecular complexity index is 459. The smallest absolute Gasteiger partial charge is 0.229 e. The van der Waals surface area contributed by atoms with Crippen LogP contribution in [-0.4, -0.2) is 22.4 Å². The van der Waals surface area contributed by atoms with Crippen LogP contribution < -0.4 is 11.1 Å². The van der Waals surface area contributed by atoms with Crippen molar-refractivity contribution in [2.24, 2.45) is 17.1 Å². The van der Waals surface area contributed by atoms with Gasteiger partial charge in [-0.15, -0.1) is 0 Å². The van der Waals surface area contributed by atoms with Gasteiger partial charge >= 0.3 is 0 Å². The first-order chi connectivity index (χ1) is 9.72. The fourth-order valence-electron chi connectivity index (χ4n) is 2.49. The number of aromatic nitrogens is 2. The number of carbonyl (C=O) groups is 1. The van der Waals surface area contributed by atoms with Gasteiger partial charge in [-0.1, -0.05) is 20.8 Å². The molecule has 118 valence electrons. The minimum absolute atomic E-state index is 0.0359. The molecule has 0 aliphatic rings. The Morgan fingerprint density at radius 2 is 1.81 bits per heavy atom. The van der Waals surface area contributed by atoms with Gasteiger partial charge in [0.25, 0.3) is 0 Å². The summed E-state index contributed by atoms with van der Waals surface area (Å²) in [7, 11) is 0. The highest BCUT2D eigenvalue weighted by Gasteiger charge is 2.24. The number of amides is 1. The second-order valence-corrected chi connectivity index (χ2v) is 6.70. The molecule has 0 saturated heterocycles. The maximum absolute atomic E-state index is 12.0. The molecular formula is C16H28N4O. The summed E-state index contributed by atoms with van der Waals surface area (Å²) in [6, 6.07) is 1.88. The van der Waals surface area contributed by atoms with Gasteiger partial charge in [0, 0.05) is 17.8 Å². The van der Waals surface area contributed by atoms with Gasteiger partial charge in [-0.05, 0) is 50.6 Å². The molecule has 1 aromatic rings. The van der Waals surface area contributed by atoms with Crippen LogP contribution >= 0.6 is 0 Å². The van der Waals surface area contributed by atoms with E-state index >= 15 is 0 Å². The van der Waals surface area contributed by atoms with E-state index in [0.29, 0.717) is 24.8 Å². The fourth-order valence-corrected chi connectivity index (χ4v) is 2.49. The molecule has 0 spiro atoms. The molecule has 1 rings (SSSR count). The van der Waals surface area contributed by atoms with Gasteiger partial charge in [0.15, 0.2) is 0 Å². The van der Waals surface area contributed by atoms with Crippen LogP contribution in [0.3, 0.4) is 0 Å². The lowest BCUT2D eigenvalue weighted by atomic mass is 9.76. The second-order valence-electron chi connectivity index (χ2n) is 6.70. The zero-order valence-electron chi connectivity index (χ0n) is 13.9. The third-order valence-corrected chi connectivity index (χ3v) is 3.69. The van der Waals surface area contributed by atoms with E-state index in [9.17, 15) is 4.79 Å². The summed E-state index contributed by atoms with van der Waals surface area (Å²) in [6.07, 6.45) is 2.24. The average molecular weight is 292 g/mol. The van der Waals surface area contributed by atoms with Crippen LogP contribution in [0.2, 0.25) is 0 Å². The number of hydrogen-bond acceptors (Lipinski definition) is 4. The van der Waals surface area contributed by atoms with E-state index in [4.69, 9.17) is 5.73 Å². The summed E-state index contributed by atoms with van der Waals surface area (Å²) in [6.45, 7) is 11.0. The van der Waals surface area contributed by atoms with Gasteiger partial charge in [-0.3, -0.25) is 10.1 Å². The minimum atomic E-state index is -0.0359. The predicted molar refractivity (Wildman–Crippen MR) is 86.0 cm³/mol. The number of rotatable bonds is 6. The van der Waals surface area contributed by atoms with Crippen LogP contribution in [-0.2, 0) is 4.79 Å². The fraction of sp³-hybridized carbons (Fsp3) is 0.688. The van der Waals surface area contributed by atoms with Crippen molar-refractivity contribution in [2.45, 2.75) is 53.9 Å². The lowest BCUT2D eigenvalue weighted by Gasteiger charge is -2.30. The average Bonchev–Trinajstić information content (AvgIpc) is 2.31. The van der Waals surface area contributed by atoms with Crippen LogP contribution in [0.5, 0.6) is 0 Å². The minimum Gasteiger partial charge on any atom is -0.330 e. The summed E-state index contributed by atoms with van der Waals surface area (Å²) in [4.78, 5) is 20.5. The third-order valence-electron chi connectivity index (χ3n) is 3.69. The summed E-state index contributed by atoms with van der Waals surface area (Å²) in [5.41, 5.74) is 7.54. The number of anilines is 1. The number of nitrogens with zero attached hydrogens (tertiary/aromatic N) is 2. The zero-order valence-corrected chi connectivity index (χ0v) is 13.9. The Labute approximate surface area is 127 Å². The monoisotopic (exact) mass is 292 g/mol. The summed E-state index contributed by atoms with van der Waals surface area (Å²) < 4.78 is 0. The van der Waals surface area contributed by atoms with Gasteiger partial charge in [-0.2, -0.15) is 0 Å². The molecule has 1 unspecified atom stereocenters. The Hall–Kier alpha value is -1.49. The lowest BCUT2D eigenvalue weighted by molar-refractivity contribution is -0.116. The molecule has 1 amide bonds. The highest BCUT2D eigenvalue weighted by Crippen LogP contribution is 2.32. The van der Waals surface area contributed by atoms with E-state index in [-0.39, 0.29) is 11.3 Å². The van der Waals surface area contributed by atoms with Crippen molar-refractivity contribution in [3.8, 4) is 0 Å². The first kappa shape index (κ1) is 17.6. The molecule has 5 nitrogen and oxygen atoms in total. The maximum Gasteiger partial charge on any atom is 0.229 e. The SMILES string of the molecule is Cc1cc(C)nc(NC(=O)CCC(CCN)C(C)(C)C)n1. The van der Waals surface area contributed by atoms with Crippen molar-refractivity contribution in [3.05, 3.63) is 17.5 Å². The molecule has 1 heterocycles. The van der Waals surface area contributed by atoms with E-state index in [1.807, 2.05) is 19.9 Å². The van der Waals surface area contributed by atoms with Gasteiger partial charge in [0.05, 0.1) is 0 Å². The number of hydrogen-bond donors (Lipinski definition) is 2. The quantitative estimate of drug-likeness (QED) is 0.844. The normalized spacial score (nSPS) is 13.0. The molecule has 0 radical (unpaired) electrons. The predicted octanol–water partition coefficient (Wildman–Crippen LogP) is 2.82. The van der Waals surface area contributed by atoms with Gasteiger partial charge in [0.2, 0.25) is 11.9 Å². The van der Waals surface area contributed by atoms with Crippen LogP contribution in [0.4, 0.5) is 5.95 Å². The highest BCUT2D eigenvalue weighted by molar-refractivity contribution is 5.88. The number of carbonyl (C=O) groups excluding carboxylic acids is 1. The molecule has 5 heteroatoms. The van der Waals surface area contributed by atoms with Crippen molar-refractivity contribution < 1.29 is 4.79 Å². The first-order valence-electron chi connectivity index (χ1n) is 7.54. The van der Waals surface area contributed by atoms with Crippen molar-refractivity contribution in [3.63, 3.8) is 0 Å². The summed E-state index contributed by atoms with van der Waals surface area (Å²) in [5.74, 6) is 0.795. The summed E-state index contributed by atoms with van der Waals surface area (Å²) in [5, 5.41) is 2.78. The number of aryl methyl sites for hydroxylation is 2. The Morgan fingerprint density at radius 3 is 2.29 bits per heavy atom. The van der Waals surface area contributed by atoms with E-state index in [1.54, 1.807) is 0 Å². The number of nitrogens with two attached hydrogens (primary N) is 1. The standard InChI is InChI=1S/C16H28N4O/c1-11-10-12(2)19-15(18-11)20-14(21)7-6-13(8-9-17)16(3,4)5/h10,13H,6-9,17H2,1-5H3,(H,18,19,20,21). The van der Waals surface area contributed by atoms with Crippen LogP contribution in [0.25, 0.3) is 0 Å². The molecule has 3 N–H and O–H groups in total. The van der Waals surface area contributed by atoms with Gasteiger partial charge in [0.1, 0.15) is 0 Å². The van der Waals surface area contributed by atoms with Crippen molar-refractivity contribution >= 4 is 11.9 Å². The molecule has 21 heavy (non-hydrogen) atoms. The van der Waals surface area contributed by atoms with Gasteiger partial charge < -0.3 is 5.73 Å². The molecule has 1 aromatic heterocycles. The molecule has 1 atom stereocenters. The molecule has 0 fully saturated rings. The van der Waals surface area contributed by atoms with Gasteiger partial charge in [-0.25, -0.2) is 9.97 Å². The zero-order chi connectivity index (χ0) is 16.0. The third kappa shape index (κ3) is 6.21. The highest BCUT2D eigenvalue weighted by atomic mass is 16.1. The largest absolute Gasteiger partial charge is 0.330 e. The molecule has 0 aliphatic carbocycles. The molecule has 0 bridgehead atoms. The van der Waals surface area contributed by atoms with Crippen molar-refractivity contribution in [1.82, 2.24) is 9.97 Å². The maximum atomic E-state index is 12.0. The van der Waals surface area contributed by atoms with E-state index in [1.165, 1.54) is 0 Å². The van der Waals surface area contributed by atoms with Crippen LogP contribution in [0, 0.1) is 25.2 Å². The Morgan fingerprint density at radius 1 is 1.24 bits per heavy atom. The molecule has 0 aliphatic heterocycles. The first-order valence-corrected chi connectivity index (χ1v) is 7.54. The van der Waals surface area contributed by atoms with E-state index in [2.05, 4.69) is 36.1 Å². The Balaban J connectivity index is 2.57. The van der Waals surface area contributed by atoms with Crippen molar-refractivity contribution in [2.75, 3.05) is 11.9 Å². The van der Waals surface area contributed by atoms with E-state index < -0.39 is 0 Å². The molecule has 0 aromatic carbocycles. The second kappa shape index (κ2) is 7.50. The van der Waals surface area contributed by atoms with Crippen LogP contribution in [0.15, 0.2) is 6.07 Å². The molecular weight excluding hydrogens is 264 g/mol. The van der Waals surface area contributed by atoms with Crippen LogP contribution in [0.1, 0.15) is 51.4 Å².